The van der Waals surface area contributed by atoms with Crippen molar-refractivity contribution in [1.82, 2.24) is 0 Å². The van der Waals surface area contributed by atoms with Crippen molar-refractivity contribution >= 4 is 39.1 Å². The van der Waals surface area contributed by atoms with Gasteiger partial charge in [-0.3, -0.25) is 9.59 Å². The molecule has 2 aromatic carbocycles. The van der Waals surface area contributed by atoms with E-state index < -0.39 is 6.10 Å². The van der Waals surface area contributed by atoms with Crippen molar-refractivity contribution in [1.29, 1.82) is 0 Å². The number of amides is 2. The number of ether oxygens (including phenoxy) is 1. The lowest BCUT2D eigenvalue weighted by Crippen LogP contribution is -2.30. The highest BCUT2D eigenvalue weighted by Crippen LogP contribution is 2.23. The second-order valence-corrected chi connectivity index (χ2v) is 6.81. The van der Waals surface area contributed by atoms with Crippen molar-refractivity contribution in [3.8, 4) is 5.75 Å². The van der Waals surface area contributed by atoms with Crippen LogP contribution in [0.5, 0.6) is 5.75 Å². The number of nitrogens with one attached hydrogen (secondary N) is 1. The third-order valence-corrected chi connectivity index (χ3v) is 4.54. The van der Waals surface area contributed by atoms with Gasteiger partial charge in [-0.25, -0.2) is 0 Å². The van der Waals surface area contributed by atoms with Crippen LogP contribution in [0.3, 0.4) is 0 Å². The molecule has 0 aromatic heterocycles. The maximum Gasteiger partial charge on any atom is 0.265 e. The van der Waals surface area contributed by atoms with Gasteiger partial charge < -0.3 is 15.0 Å². The van der Waals surface area contributed by atoms with Crippen LogP contribution in [0.15, 0.2) is 53.0 Å². The molecule has 25 heavy (non-hydrogen) atoms. The Kier molecular flexibility index (Phi) is 5.38. The molecule has 1 saturated heterocycles. The third kappa shape index (κ3) is 4.39. The zero-order valence-corrected chi connectivity index (χ0v) is 15.5. The Morgan fingerprint density at radius 1 is 1.16 bits per heavy atom. The SMILES string of the molecule is C[C@@H](Oc1ccc(Br)cc1)C(=O)Nc1ccc(N2CCCC2=O)cc1. The maximum atomic E-state index is 12.3. The van der Waals surface area contributed by atoms with Crippen LogP contribution in [0.1, 0.15) is 19.8 Å². The molecule has 0 radical (unpaired) electrons. The number of benzene rings is 2. The molecule has 130 valence electrons. The Labute approximate surface area is 155 Å². The number of anilines is 2. The van der Waals surface area contributed by atoms with Crippen LogP contribution in [0.2, 0.25) is 0 Å². The lowest BCUT2D eigenvalue weighted by molar-refractivity contribution is -0.122. The van der Waals surface area contributed by atoms with E-state index in [0.717, 1.165) is 23.1 Å². The standard InChI is InChI=1S/C19H19BrN2O3/c1-13(25-17-10-4-14(20)5-11-17)19(24)21-15-6-8-16(9-7-15)22-12-2-3-18(22)23/h4-11,13H,2-3,12H2,1H3,(H,21,24)/t13-/m1/s1. The molecule has 1 atom stereocenters. The van der Waals surface area contributed by atoms with Crippen LogP contribution < -0.4 is 15.0 Å². The fourth-order valence-corrected chi connectivity index (χ4v) is 2.92. The summed E-state index contributed by atoms with van der Waals surface area (Å²) in [5.41, 5.74) is 1.53. The van der Waals surface area contributed by atoms with Gasteiger partial charge in [-0.15, -0.1) is 0 Å². The molecule has 1 aliphatic heterocycles. The molecule has 1 N–H and O–H groups in total. The molecule has 0 bridgehead atoms. The summed E-state index contributed by atoms with van der Waals surface area (Å²) in [7, 11) is 0. The number of nitrogens with zero attached hydrogens (tertiary/aromatic N) is 1. The van der Waals surface area contributed by atoms with Gasteiger partial charge in [0.1, 0.15) is 5.75 Å². The predicted octanol–water partition coefficient (Wildman–Crippen LogP) is 3.98. The van der Waals surface area contributed by atoms with Gasteiger partial charge in [0.05, 0.1) is 0 Å². The Morgan fingerprint density at radius 3 is 2.44 bits per heavy atom. The smallest absolute Gasteiger partial charge is 0.265 e. The first-order valence-corrected chi connectivity index (χ1v) is 8.96. The van der Waals surface area contributed by atoms with E-state index in [1.54, 1.807) is 36.1 Å². The zero-order valence-electron chi connectivity index (χ0n) is 13.9. The predicted molar refractivity (Wildman–Crippen MR) is 101 cm³/mol. The van der Waals surface area contributed by atoms with E-state index in [-0.39, 0.29) is 11.8 Å². The van der Waals surface area contributed by atoms with Crippen molar-refractivity contribution in [2.75, 3.05) is 16.8 Å². The second-order valence-electron chi connectivity index (χ2n) is 5.90. The molecule has 1 heterocycles. The average Bonchev–Trinajstić information content (AvgIpc) is 3.03. The first-order chi connectivity index (χ1) is 12.0. The first-order valence-electron chi connectivity index (χ1n) is 8.16. The monoisotopic (exact) mass is 402 g/mol. The van der Waals surface area contributed by atoms with E-state index in [4.69, 9.17) is 4.74 Å². The van der Waals surface area contributed by atoms with Gasteiger partial charge in [0.15, 0.2) is 6.10 Å². The minimum Gasteiger partial charge on any atom is -0.481 e. The van der Waals surface area contributed by atoms with Gasteiger partial charge in [0, 0.05) is 28.8 Å². The highest BCUT2D eigenvalue weighted by Gasteiger charge is 2.21. The van der Waals surface area contributed by atoms with Crippen LogP contribution in [0.25, 0.3) is 0 Å². The van der Waals surface area contributed by atoms with Crippen LogP contribution >= 0.6 is 15.9 Å². The number of hydrogen-bond acceptors (Lipinski definition) is 3. The Balaban J connectivity index is 1.58. The summed E-state index contributed by atoms with van der Waals surface area (Å²) in [5.74, 6) is 0.551. The van der Waals surface area contributed by atoms with Crippen molar-refractivity contribution in [3.63, 3.8) is 0 Å². The number of hydrogen-bond donors (Lipinski definition) is 1. The normalized spacial score (nSPS) is 15.1. The minimum absolute atomic E-state index is 0.147. The molecular weight excluding hydrogens is 384 g/mol. The van der Waals surface area contributed by atoms with Crippen LogP contribution in [0, 0.1) is 0 Å². The fraction of sp³-hybridized carbons (Fsp3) is 0.263. The molecule has 6 heteroatoms. The number of carbonyl (C=O) groups is 2. The number of halogens is 1. The number of carbonyl (C=O) groups excluding carboxylic acids is 2. The van der Waals surface area contributed by atoms with Crippen LogP contribution in [0.4, 0.5) is 11.4 Å². The van der Waals surface area contributed by atoms with Crippen molar-refractivity contribution in [3.05, 3.63) is 53.0 Å². The molecule has 0 saturated carbocycles. The highest BCUT2D eigenvalue weighted by atomic mass is 79.9. The summed E-state index contributed by atoms with van der Waals surface area (Å²) in [4.78, 5) is 25.8. The van der Waals surface area contributed by atoms with Gasteiger partial charge in [-0.2, -0.15) is 0 Å². The summed E-state index contributed by atoms with van der Waals surface area (Å²) in [5, 5.41) is 2.83. The molecule has 1 fully saturated rings. The minimum atomic E-state index is -0.624. The van der Waals surface area contributed by atoms with Gasteiger partial charge in [-0.1, -0.05) is 15.9 Å². The van der Waals surface area contributed by atoms with Gasteiger partial charge in [-0.05, 0) is 61.9 Å². The second kappa shape index (κ2) is 7.70. The lowest BCUT2D eigenvalue weighted by Gasteiger charge is -2.17. The van der Waals surface area contributed by atoms with E-state index >= 15 is 0 Å². The fourth-order valence-electron chi connectivity index (χ4n) is 2.66. The van der Waals surface area contributed by atoms with E-state index in [1.165, 1.54) is 0 Å². The molecule has 0 unspecified atom stereocenters. The van der Waals surface area contributed by atoms with E-state index in [1.807, 2.05) is 24.3 Å². The van der Waals surface area contributed by atoms with E-state index in [9.17, 15) is 9.59 Å². The molecule has 1 aliphatic rings. The van der Waals surface area contributed by atoms with E-state index in [2.05, 4.69) is 21.2 Å². The zero-order chi connectivity index (χ0) is 17.8. The molecule has 0 aliphatic carbocycles. The van der Waals surface area contributed by atoms with E-state index in [0.29, 0.717) is 17.9 Å². The quantitative estimate of drug-likeness (QED) is 0.822. The maximum absolute atomic E-state index is 12.3. The molecule has 3 rings (SSSR count). The molecular formula is C19H19BrN2O3. The molecule has 0 spiro atoms. The molecule has 5 nitrogen and oxygen atoms in total. The largest absolute Gasteiger partial charge is 0.481 e. The summed E-state index contributed by atoms with van der Waals surface area (Å²) in [6.07, 6.45) is 0.868. The number of rotatable bonds is 5. The Hall–Kier alpha value is -2.34. The van der Waals surface area contributed by atoms with Gasteiger partial charge in [0.25, 0.3) is 5.91 Å². The van der Waals surface area contributed by atoms with Gasteiger partial charge in [0.2, 0.25) is 5.91 Å². The highest BCUT2D eigenvalue weighted by molar-refractivity contribution is 9.10. The summed E-state index contributed by atoms with van der Waals surface area (Å²) in [6, 6.07) is 14.6. The average molecular weight is 403 g/mol. The van der Waals surface area contributed by atoms with Gasteiger partial charge >= 0.3 is 0 Å². The first kappa shape index (κ1) is 17.5. The molecule has 2 aromatic rings. The van der Waals surface area contributed by atoms with Crippen LogP contribution in [-0.4, -0.2) is 24.5 Å². The Bertz CT molecular complexity index is 759. The summed E-state index contributed by atoms with van der Waals surface area (Å²) >= 11 is 3.36. The van der Waals surface area contributed by atoms with Crippen molar-refractivity contribution in [2.45, 2.75) is 25.9 Å². The summed E-state index contributed by atoms with van der Waals surface area (Å²) < 4.78 is 6.59. The molecule has 2 amide bonds. The summed E-state index contributed by atoms with van der Waals surface area (Å²) in [6.45, 7) is 2.46. The van der Waals surface area contributed by atoms with Crippen molar-refractivity contribution < 1.29 is 14.3 Å². The lowest BCUT2D eigenvalue weighted by atomic mass is 10.2. The third-order valence-electron chi connectivity index (χ3n) is 4.02. The topological polar surface area (TPSA) is 58.6 Å². The van der Waals surface area contributed by atoms with Crippen LogP contribution in [-0.2, 0) is 9.59 Å². The van der Waals surface area contributed by atoms with Crippen molar-refractivity contribution in [2.24, 2.45) is 0 Å². The Morgan fingerprint density at radius 2 is 1.84 bits per heavy atom.